The molecule has 1 aromatic rings. The number of nitrogens with one attached hydrogen (secondary N) is 1. The van der Waals surface area contributed by atoms with Crippen molar-refractivity contribution in [3.8, 4) is 0 Å². The summed E-state index contributed by atoms with van der Waals surface area (Å²) in [6.07, 6.45) is 4.22. The predicted molar refractivity (Wildman–Crippen MR) is 73.3 cm³/mol. The van der Waals surface area contributed by atoms with Gasteiger partial charge in [-0.15, -0.1) is 0 Å². The molecule has 0 atom stereocenters. The van der Waals surface area contributed by atoms with Gasteiger partial charge in [0.05, 0.1) is 0 Å². The molecule has 1 radical (unpaired) electrons. The zero-order valence-corrected chi connectivity index (χ0v) is 11.1. The van der Waals surface area contributed by atoms with E-state index in [1.165, 1.54) is 0 Å². The largest absolute Gasteiger partial charge is 0.326 e. The van der Waals surface area contributed by atoms with Crippen molar-refractivity contribution >= 4 is 11.6 Å². The molecule has 0 saturated heterocycles. The van der Waals surface area contributed by atoms with Crippen molar-refractivity contribution in [1.82, 2.24) is 4.90 Å². The lowest BCUT2D eigenvalue weighted by molar-refractivity contribution is -0.121. The average molecular weight is 245 g/mol. The number of hydrogen-bond acceptors (Lipinski definition) is 2. The zero-order chi connectivity index (χ0) is 13.0. The molecule has 1 aliphatic carbocycles. The highest BCUT2D eigenvalue weighted by molar-refractivity contribution is 5.92. The van der Waals surface area contributed by atoms with Gasteiger partial charge >= 0.3 is 0 Å². The second kappa shape index (κ2) is 6.01. The van der Waals surface area contributed by atoms with E-state index in [0.29, 0.717) is 6.04 Å². The average Bonchev–Trinajstić information content (AvgIpc) is 2.40. The third-order valence-electron chi connectivity index (χ3n) is 3.78. The van der Waals surface area contributed by atoms with E-state index in [1.807, 2.05) is 24.3 Å². The normalized spacial score (nSPS) is 23.9. The van der Waals surface area contributed by atoms with Crippen molar-refractivity contribution in [3.05, 3.63) is 30.3 Å². The minimum atomic E-state index is 0.165. The van der Waals surface area contributed by atoms with E-state index in [-0.39, 0.29) is 11.8 Å². The third-order valence-corrected chi connectivity index (χ3v) is 3.78. The van der Waals surface area contributed by atoms with Crippen LogP contribution in [0.2, 0.25) is 0 Å². The van der Waals surface area contributed by atoms with Crippen LogP contribution >= 0.6 is 0 Å². The van der Waals surface area contributed by atoms with Crippen LogP contribution < -0.4 is 5.32 Å². The third kappa shape index (κ3) is 3.33. The quantitative estimate of drug-likeness (QED) is 0.887. The summed E-state index contributed by atoms with van der Waals surface area (Å²) >= 11 is 0. The van der Waals surface area contributed by atoms with Crippen LogP contribution in [0, 0.1) is 12.0 Å². The molecule has 0 aromatic heterocycles. The van der Waals surface area contributed by atoms with Crippen molar-refractivity contribution in [2.24, 2.45) is 5.92 Å². The molecule has 1 saturated carbocycles. The molecule has 2 rings (SSSR count). The maximum Gasteiger partial charge on any atom is 0.227 e. The molecule has 0 unspecified atom stereocenters. The van der Waals surface area contributed by atoms with Gasteiger partial charge in [0.2, 0.25) is 5.91 Å². The van der Waals surface area contributed by atoms with Crippen LogP contribution in [0.5, 0.6) is 0 Å². The number of carbonyl (C=O) groups is 1. The highest BCUT2D eigenvalue weighted by Crippen LogP contribution is 2.27. The molecule has 0 spiro atoms. The molecule has 18 heavy (non-hydrogen) atoms. The lowest BCUT2D eigenvalue weighted by atomic mass is 9.85. The van der Waals surface area contributed by atoms with Crippen LogP contribution in [0.15, 0.2) is 24.3 Å². The molecule has 1 fully saturated rings. The summed E-state index contributed by atoms with van der Waals surface area (Å²) in [7, 11) is 4.23. The summed E-state index contributed by atoms with van der Waals surface area (Å²) in [5.74, 6) is 0.337. The SMILES string of the molecule is CN(C)[C@H]1CC[C@@H](C(=O)Nc2cc[c]cc2)CC1. The molecule has 1 aliphatic rings. The monoisotopic (exact) mass is 245 g/mol. The van der Waals surface area contributed by atoms with Gasteiger partial charge in [0.25, 0.3) is 0 Å². The Kier molecular flexibility index (Phi) is 4.37. The van der Waals surface area contributed by atoms with Gasteiger partial charge in [-0.3, -0.25) is 4.79 Å². The van der Waals surface area contributed by atoms with Gasteiger partial charge in [0.1, 0.15) is 0 Å². The molecule has 1 N–H and O–H groups in total. The molecule has 0 bridgehead atoms. The zero-order valence-electron chi connectivity index (χ0n) is 11.1. The summed E-state index contributed by atoms with van der Waals surface area (Å²) in [4.78, 5) is 14.4. The van der Waals surface area contributed by atoms with E-state index >= 15 is 0 Å². The second-order valence-electron chi connectivity index (χ2n) is 5.25. The summed E-state index contributed by atoms with van der Waals surface area (Å²) in [6, 6.07) is 11.0. The fourth-order valence-electron chi connectivity index (χ4n) is 2.57. The van der Waals surface area contributed by atoms with E-state index in [0.717, 1.165) is 31.4 Å². The first-order valence-corrected chi connectivity index (χ1v) is 6.60. The van der Waals surface area contributed by atoms with Crippen LogP contribution in [-0.2, 0) is 4.79 Å². The van der Waals surface area contributed by atoms with Gasteiger partial charge < -0.3 is 10.2 Å². The highest BCUT2D eigenvalue weighted by atomic mass is 16.1. The fraction of sp³-hybridized carbons (Fsp3) is 0.533. The Labute approximate surface area is 109 Å². The number of nitrogens with zero attached hydrogens (tertiary/aromatic N) is 1. The van der Waals surface area contributed by atoms with Crippen molar-refractivity contribution in [2.75, 3.05) is 19.4 Å². The lowest BCUT2D eigenvalue weighted by Gasteiger charge is -2.31. The number of amides is 1. The van der Waals surface area contributed by atoms with Crippen molar-refractivity contribution in [3.63, 3.8) is 0 Å². The smallest absolute Gasteiger partial charge is 0.227 e. The molecular weight excluding hydrogens is 224 g/mol. The molecule has 1 amide bonds. The minimum absolute atomic E-state index is 0.165. The second-order valence-corrected chi connectivity index (χ2v) is 5.25. The summed E-state index contributed by atoms with van der Waals surface area (Å²) in [5, 5.41) is 2.98. The molecule has 0 aliphatic heterocycles. The number of rotatable bonds is 3. The number of carbonyl (C=O) groups excluding carboxylic acids is 1. The molecular formula is C15H21N2O. The molecule has 1 aromatic carbocycles. The molecule has 97 valence electrons. The van der Waals surface area contributed by atoms with Gasteiger partial charge in [0.15, 0.2) is 0 Å². The standard InChI is InChI=1S/C15H21N2O/c1-17(2)14-10-8-12(9-11-14)15(18)16-13-6-4-3-5-7-13/h4-7,12,14H,8-11H2,1-2H3,(H,16,18)/t12-,14+. The Morgan fingerprint density at radius 3 is 2.39 bits per heavy atom. The van der Waals surface area contributed by atoms with E-state index in [2.05, 4.69) is 30.4 Å². The van der Waals surface area contributed by atoms with Gasteiger partial charge in [0, 0.05) is 17.6 Å². The first-order chi connectivity index (χ1) is 8.66. The topological polar surface area (TPSA) is 32.3 Å². The van der Waals surface area contributed by atoms with E-state index < -0.39 is 0 Å². The van der Waals surface area contributed by atoms with Crippen LogP contribution in [-0.4, -0.2) is 30.9 Å². The maximum absolute atomic E-state index is 12.1. The number of anilines is 1. The Hall–Kier alpha value is -1.35. The fourth-order valence-corrected chi connectivity index (χ4v) is 2.57. The lowest BCUT2D eigenvalue weighted by Crippen LogP contribution is -2.35. The van der Waals surface area contributed by atoms with Gasteiger partial charge in [-0.05, 0) is 58.0 Å². The van der Waals surface area contributed by atoms with Crippen LogP contribution in [0.3, 0.4) is 0 Å². The van der Waals surface area contributed by atoms with Gasteiger partial charge in [-0.2, -0.15) is 0 Å². The summed E-state index contributed by atoms with van der Waals surface area (Å²) < 4.78 is 0. The Bertz CT molecular complexity index is 381. The summed E-state index contributed by atoms with van der Waals surface area (Å²) in [5.41, 5.74) is 0.869. The first-order valence-electron chi connectivity index (χ1n) is 6.60. The summed E-state index contributed by atoms with van der Waals surface area (Å²) in [6.45, 7) is 0. The highest BCUT2D eigenvalue weighted by Gasteiger charge is 2.27. The maximum atomic E-state index is 12.1. The van der Waals surface area contributed by atoms with Crippen molar-refractivity contribution in [1.29, 1.82) is 0 Å². The Morgan fingerprint density at radius 2 is 1.83 bits per heavy atom. The van der Waals surface area contributed by atoms with Crippen molar-refractivity contribution in [2.45, 2.75) is 31.7 Å². The van der Waals surface area contributed by atoms with Crippen molar-refractivity contribution < 1.29 is 4.79 Å². The van der Waals surface area contributed by atoms with E-state index in [4.69, 9.17) is 0 Å². The minimum Gasteiger partial charge on any atom is -0.326 e. The molecule has 3 nitrogen and oxygen atoms in total. The number of benzene rings is 1. The van der Waals surface area contributed by atoms with Gasteiger partial charge in [-0.1, -0.05) is 12.1 Å². The predicted octanol–water partition coefficient (Wildman–Crippen LogP) is 2.55. The first kappa shape index (κ1) is 13.1. The van der Waals surface area contributed by atoms with E-state index in [9.17, 15) is 4.79 Å². The molecule has 0 heterocycles. The van der Waals surface area contributed by atoms with Crippen LogP contribution in [0.25, 0.3) is 0 Å². The number of hydrogen-bond donors (Lipinski definition) is 1. The van der Waals surface area contributed by atoms with E-state index in [1.54, 1.807) is 0 Å². The van der Waals surface area contributed by atoms with Crippen LogP contribution in [0.4, 0.5) is 5.69 Å². The van der Waals surface area contributed by atoms with Gasteiger partial charge in [-0.25, -0.2) is 0 Å². The van der Waals surface area contributed by atoms with Crippen LogP contribution in [0.1, 0.15) is 25.7 Å². The Morgan fingerprint density at radius 1 is 1.22 bits per heavy atom. The molecule has 3 heteroatoms. The Balaban J connectivity index is 1.85.